The summed E-state index contributed by atoms with van der Waals surface area (Å²) in [5.74, 6) is -0.351. The first kappa shape index (κ1) is 23.4. The molecule has 0 radical (unpaired) electrons. The van der Waals surface area contributed by atoms with Crippen molar-refractivity contribution in [3.8, 4) is 0 Å². The van der Waals surface area contributed by atoms with E-state index in [9.17, 15) is 9.59 Å². The van der Waals surface area contributed by atoms with Gasteiger partial charge < -0.3 is 15.5 Å². The van der Waals surface area contributed by atoms with E-state index in [2.05, 4.69) is 45.6 Å². The Kier molecular flexibility index (Phi) is 8.63. The fourth-order valence-electron chi connectivity index (χ4n) is 3.84. The summed E-state index contributed by atoms with van der Waals surface area (Å²) in [4.78, 5) is 30.9. The topological polar surface area (TPSA) is 64.7 Å². The summed E-state index contributed by atoms with van der Waals surface area (Å²) in [5.41, 5.74) is 2.37. The first-order valence-corrected chi connectivity index (χ1v) is 12.0. The van der Waals surface area contributed by atoms with Crippen LogP contribution in [0.15, 0.2) is 41.8 Å². The second-order valence-corrected chi connectivity index (χ2v) is 9.32. The summed E-state index contributed by atoms with van der Waals surface area (Å²) in [6, 6.07) is 11.3. The Hall–Kier alpha value is -2.22. The SMILES string of the molecule is CCN1CCN(Cc2ccccc2CNC(=O)C(NC(=O)c2cccs2)C(C)C)CC1. The number of carbonyl (C=O) groups excluding carboxylic acids is 2. The van der Waals surface area contributed by atoms with Crippen LogP contribution in [-0.2, 0) is 17.9 Å². The normalized spacial score (nSPS) is 16.3. The highest BCUT2D eigenvalue weighted by Gasteiger charge is 2.25. The summed E-state index contributed by atoms with van der Waals surface area (Å²) in [6.45, 7) is 12.9. The molecule has 1 saturated heterocycles. The maximum absolute atomic E-state index is 12.9. The minimum atomic E-state index is -0.566. The average Bonchev–Trinajstić information content (AvgIpc) is 3.32. The zero-order chi connectivity index (χ0) is 22.2. The van der Waals surface area contributed by atoms with Crippen molar-refractivity contribution >= 4 is 23.2 Å². The van der Waals surface area contributed by atoms with Crippen LogP contribution in [0.2, 0.25) is 0 Å². The van der Waals surface area contributed by atoms with Gasteiger partial charge in [-0.05, 0) is 35.0 Å². The molecule has 0 bridgehead atoms. The Morgan fingerprint density at radius 1 is 1.00 bits per heavy atom. The molecule has 1 unspecified atom stereocenters. The minimum Gasteiger partial charge on any atom is -0.350 e. The van der Waals surface area contributed by atoms with Gasteiger partial charge in [0, 0.05) is 39.3 Å². The van der Waals surface area contributed by atoms with Crippen molar-refractivity contribution in [1.82, 2.24) is 20.4 Å². The van der Waals surface area contributed by atoms with E-state index in [-0.39, 0.29) is 17.7 Å². The molecule has 0 aliphatic carbocycles. The van der Waals surface area contributed by atoms with Crippen LogP contribution in [0.5, 0.6) is 0 Å². The van der Waals surface area contributed by atoms with E-state index in [1.807, 2.05) is 31.4 Å². The minimum absolute atomic E-state index is 0.00554. The van der Waals surface area contributed by atoms with Gasteiger partial charge in [0.15, 0.2) is 0 Å². The number of hydrogen-bond acceptors (Lipinski definition) is 5. The molecular formula is C24H34N4O2S. The lowest BCUT2D eigenvalue weighted by Crippen LogP contribution is -2.49. The van der Waals surface area contributed by atoms with Crippen molar-refractivity contribution in [2.45, 2.75) is 39.9 Å². The van der Waals surface area contributed by atoms with E-state index in [1.165, 1.54) is 16.9 Å². The van der Waals surface area contributed by atoms with Gasteiger partial charge in [0.1, 0.15) is 6.04 Å². The molecule has 31 heavy (non-hydrogen) atoms. The molecule has 1 aromatic carbocycles. The van der Waals surface area contributed by atoms with Crippen molar-refractivity contribution in [3.63, 3.8) is 0 Å². The van der Waals surface area contributed by atoms with Crippen molar-refractivity contribution < 1.29 is 9.59 Å². The molecule has 1 aliphatic rings. The van der Waals surface area contributed by atoms with Crippen molar-refractivity contribution in [2.75, 3.05) is 32.7 Å². The molecule has 7 heteroatoms. The molecule has 1 aliphatic heterocycles. The molecule has 2 N–H and O–H groups in total. The second kappa shape index (κ2) is 11.4. The van der Waals surface area contributed by atoms with Crippen molar-refractivity contribution in [2.24, 2.45) is 5.92 Å². The molecule has 2 amide bonds. The van der Waals surface area contributed by atoms with Crippen molar-refractivity contribution in [3.05, 3.63) is 57.8 Å². The molecular weight excluding hydrogens is 408 g/mol. The first-order chi connectivity index (χ1) is 15.0. The molecule has 1 fully saturated rings. The molecule has 0 spiro atoms. The van der Waals surface area contributed by atoms with Gasteiger partial charge in [-0.15, -0.1) is 11.3 Å². The largest absolute Gasteiger partial charge is 0.350 e. The van der Waals surface area contributed by atoms with Crippen LogP contribution < -0.4 is 10.6 Å². The van der Waals surface area contributed by atoms with E-state index in [0.29, 0.717) is 11.4 Å². The number of carbonyl (C=O) groups is 2. The van der Waals surface area contributed by atoms with Gasteiger partial charge in [0.25, 0.3) is 5.91 Å². The zero-order valence-electron chi connectivity index (χ0n) is 18.8. The van der Waals surface area contributed by atoms with E-state index in [4.69, 9.17) is 0 Å². The number of thiophene rings is 1. The van der Waals surface area contributed by atoms with E-state index >= 15 is 0 Å². The summed E-state index contributed by atoms with van der Waals surface area (Å²) in [5, 5.41) is 7.80. The van der Waals surface area contributed by atoms with Gasteiger partial charge in [-0.3, -0.25) is 14.5 Å². The highest BCUT2D eigenvalue weighted by molar-refractivity contribution is 7.12. The molecule has 2 heterocycles. The van der Waals surface area contributed by atoms with Gasteiger partial charge >= 0.3 is 0 Å². The average molecular weight is 443 g/mol. The molecule has 0 saturated carbocycles. The Morgan fingerprint density at radius 3 is 2.29 bits per heavy atom. The van der Waals surface area contributed by atoms with Crippen LogP contribution in [0.1, 0.15) is 41.6 Å². The Morgan fingerprint density at radius 2 is 1.68 bits per heavy atom. The number of piperazine rings is 1. The fourth-order valence-corrected chi connectivity index (χ4v) is 4.46. The Balaban J connectivity index is 1.58. The first-order valence-electron chi connectivity index (χ1n) is 11.1. The Labute approximate surface area is 189 Å². The van der Waals surface area contributed by atoms with Gasteiger partial charge in [-0.25, -0.2) is 0 Å². The number of likely N-dealkylation sites (N-methyl/N-ethyl adjacent to an activating group) is 1. The lowest BCUT2D eigenvalue weighted by Gasteiger charge is -2.34. The third-order valence-corrected chi connectivity index (χ3v) is 6.73. The Bertz CT molecular complexity index is 845. The predicted octanol–water partition coefficient (Wildman–Crippen LogP) is 2.96. The summed E-state index contributed by atoms with van der Waals surface area (Å²) in [6.07, 6.45) is 0. The quantitative estimate of drug-likeness (QED) is 0.627. The number of nitrogens with zero attached hydrogens (tertiary/aromatic N) is 2. The van der Waals surface area contributed by atoms with Crippen LogP contribution in [0.25, 0.3) is 0 Å². The van der Waals surface area contributed by atoms with E-state index < -0.39 is 6.04 Å². The monoisotopic (exact) mass is 442 g/mol. The maximum atomic E-state index is 12.9. The molecule has 3 rings (SSSR count). The summed E-state index contributed by atoms with van der Waals surface area (Å²) in [7, 11) is 0. The second-order valence-electron chi connectivity index (χ2n) is 8.37. The zero-order valence-corrected chi connectivity index (χ0v) is 19.6. The third-order valence-electron chi connectivity index (χ3n) is 5.86. The molecule has 1 aromatic heterocycles. The van der Waals surface area contributed by atoms with Crippen LogP contribution in [0, 0.1) is 5.92 Å². The van der Waals surface area contributed by atoms with Gasteiger partial charge in [0.2, 0.25) is 5.91 Å². The summed E-state index contributed by atoms with van der Waals surface area (Å²) >= 11 is 1.38. The lowest BCUT2D eigenvalue weighted by atomic mass is 10.0. The van der Waals surface area contributed by atoms with Crippen LogP contribution in [0.3, 0.4) is 0 Å². The van der Waals surface area contributed by atoms with Gasteiger partial charge in [-0.2, -0.15) is 0 Å². The molecule has 168 valence electrons. The number of nitrogens with one attached hydrogen (secondary N) is 2. The number of amides is 2. The smallest absolute Gasteiger partial charge is 0.262 e. The van der Waals surface area contributed by atoms with Gasteiger partial charge in [-0.1, -0.05) is 51.1 Å². The molecule has 6 nitrogen and oxygen atoms in total. The van der Waals surface area contributed by atoms with Crippen molar-refractivity contribution in [1.29, 1.82) is 0 Å². The van der Waals surface area contributed by atoms with Crippen LogP contribution in [0.4, 0.5) is 0 Å². The number of hydrogen-bond donors (Lipinski definition) is 2. The lowest BCUT2D eigenvalue weighted by molar-refractivity contribution is -0.124. The molecule has 1 atom stereocenters. The predicted molar refractivity (Wildman–Crippen MR) is 126 cm³/mol. The third kappa shape index (κ3) is 6.63. The van der Waals surface area contributed by atoms with Crippen LogP contribution in [-0.4, -0.2) is 60.4 Å². The number of rotatable bonds is 9. The van der Waals surface area contributed by atoms with Gasteiger partial charge in [0.05, 0.1) is 4.88 Å². The van der Waals surface area contributed by atoms with Crippen LogP contribution >= 0.6 is 11.3 Å². The highest BCUT2D eigenvalue weighted by atomic mass is 32.1. The molecule has 2 aromatic rings. The summed E-state index contributed by atoms with van der Waals surface area (Å²) < 4.78 is 0. The maximum Gasteiger partial charge on any atom is 0.262 e. The number of benzene rings is 1. The van der Waals surface area contributed by atoms with E-state index in [1.54, 1.807) is 6.07 Å². The highest BCUT2D eigenvalue weighted by Crippen LogP contribution is 2.15. The fraction of sp³-hybridized carbons (Fsp3) is 0.500. The van der Waals surface area contributed by atoms with E-state index in [0.717, 1.165) is 44.8 Å². The standard InChI is InChI=1S/C24H34N4O2S/c1-4-27-11-13-28(14-12-27)17-20-9-6-5-8-19(20)16-25-24(30)22(18(2)3)26-23(29)21-10-7-15-31-21/h5-10,15,18,22H,4,11-14,16-17H2,1-3H3,(H,25,30)(H,26,29).